The fraction of sp³-hybridized carbons (Fsp3) is 0.429. The number of halogens is 3. The molecule has 1 fully saturated rings. The monoisotopic (exact) mass is 454 g/mol. The lowest BCUT2D eigenvalue weighted by molar-refractivity contribution is -0.137. The molecule has 1 aliphatic rings. The van der Waals surface area contributed by atoms with Crippen LogP contribution in [0.15, 0.2) is 41.8 Å². The molecule has 0 aliphatic carbocycles. The van der Waals surface area contributed by atoms with E-state index in [0.29, 0.717) is 32.7 Å². The minimum Gasteiger partial charge on any atom is -0.333 e. The van der Waals surface area contributed by atoms with Crippen LogP contribution in [0.3, 0.4) is 0 Å². The van der Waals surface area contributed by atoms with Gasteiger partial charge in [0.15, 0.2) is 0 Å². The lowest BCUT2D eigenvalue weighted by Crippen LogP contribution is -2.45. The highest BCUT2D eigenvalue weighted by atomic mass is 32.1. The minimum absolute atomic E-state index is 0.126. The Morgan fingerprint density at radius 3 is 2.39 bits per heavy atom. The Labute approximate surface area is 183 Å². The number of alkyl halides is 3. The number of hydrogen-bond donors (Lipinski definition) is 2. The second-order valence-electron chi connectivity index (χ2n) is 7.41. The maximum absolute atomic E-state index is 12.7. The first-order valence-corrected chi connectivity index (χ1v) is 10.9. The van der Waals surface area contributed by atoms with Gasteiger partial charge in [-0.15, -0.1) is 11.3 Å². The molecule has 0 bridgehead atoms. The Morgan fingerprint density at radius 1 is 1.00 bits per heavy atom. The van der Waals surface area contributed by atoms with Crippen molar-refractivity contribution >= 4 is 23.3 Å². The van der Waals surface area contributed by atoms with E-state index in [0.717, 1.165) is 35.5 Å². The van der Waals surface area contributed by atoms with E-state index in [4.69, 9.17) is 0 Å². The van der Waals surface area contributed by atoms with Crippen LogP contribution in [0.2, 0.25) is 0 Å². The molecule has 1 saturated heterocycles. The number of urea groups is 1. The van der Waals surface area contributed by atoms with Crippen LogP contribution in [0.5, 0.6) is 0 Å². The van der Waals surface area contributed by atoms with Gasteiger partial charge in [0.05, 0.1) is 18.7 Å². The highest BCUT2D eigenvalue weighted by Gasteiger charge is 2.30. The minimum atomic E-state index is -4.33. The molecule has 3 rings (SSSR count). The summed E-state index contributed by atoms with van der Waals surface area (Å²) in [6.07, 6.45) is -3.50. The average Bonchev–Trinajstić information content (AvgIpc) is 3.14. The summed E-state index contributed by atoms with van der Waals surface area (Å²) in [5, 5.41) is 6.92. The highest BCUT2D eigenvalue weighted by molar-refractivity contribution is 7.09. The van der Waals surface area contributed by atoms with Crippen molar-refractivity contribution in [3.8, 4) is 0 Å². The standard InChI is InChI=1S/C21H25F3N4O2S/c22-21(23,24)17-6-4-16(5-7-17)14-27-8-2-9-28(11-10-27)15-19(29)26-20(30)25-13-18-3-1-12-31-18/h1,3-7,12H,2,8-11,13-15H2,(H2,25,26,29,30). The number of benzene rings is 1. The summed E-state index contributed by atoms with van der Waals surface area (Å²) in [6, 6.07) is 8.50. The number of nitrogens with zero attached hydrogens (tertiary/aromatic N) is 2. The summed E-state index contributed by atoms with van der Waals surface area (Å²) >= 11 is 1.53. The number of amides is 3. The molecule has 6 nitrogen and oxygen atoms in total. The molecule has 1 aromatic carbocycles. The van der Waals surface area contributed by atoms with Gasteiger partial charge in [0.25, 0.3) is 0 Å². The van der Waals surface area contributed by atoms with Gasteiger partial charge in [0.2, 0.25) is 5.91 Å². The molecule has 0 saturated carbocycles. The number of carbonyl (C=O) groups is 2. The predicted molar refractivity (Wildman–Crippen MR) is 112 cm³/mol. The van der Waals surface area contributed by atoms with Gasteiger partial charge in [-0.25, -0.2) is 4.79 Å². The molecule has 2 heterocycles. The SMILES string of the molecule is O=C(CN1CCCN(Cc2ccc(C(F)(F)F)cc2)CC1)NC(=O)NCc1cccs1. The van der Waals surface area contributed by atoms with Gasteiger partial charge in [0, 0.05) is 24.5 Å². The van der Waals surface area contributed by atoms with Crippen molar-refractivity contribution in [1.82, 2.24) is 20.4 Å². The molecule has 3 amide bonds. The smallest absolute Gasteiger partial charge is 0.333 e. The summed E-state index contributed by atoms with van der Waals surface area (Å²) in [4.78, 5) is 29.2. The van der Waals surface area contributed by atoms with Crippen LogP contribution in [0.4, 0.5) is 18.0 Å². The van der Waals surface area contributed by atoms with Crippen molar-refractivity contribution in [2.75, 3.05) is 32.7 Å². The van der Waals surface area contributed by atoms with E-state index in [1.54, 1.807) is 0 Å². The van der Waals surface area contributed by atoms with Gasteiger partial charge in [0.1, 0.15) is 0 Å². The second kappa shape index (κ2) is 10.7. The highest BCUT2D eigenvalue weighted by Crippen LogP contribution is 2.29. The summed E-state index contributed by atoms with van der Waals surface area (Å²) in [5.41, 5.74) is 0.172. The summed E-state index contributed by atoms with van der Waals surface area (Å²) < 4.78 is 38.1. The van der Waals surface area contributed by atoms with Gasteiger partial charge in [-0.3, -0.25) is 19.9 Å². The first kappa shape index (κ1) is 23.2. The molecular formula is C21H25F3N4O2S. The third kappa shape index (κ3) is 7.64. The lowest BCUT2D eigenvalue weighted by Gasteiger charge is -2.21. The fourth-order valence-electron chi connectivity index (χ4n) is 3.39. The molecule has 0 unspecified atom stereocenters. The number of thiophene rings is 1. The Bertz CT molecular complexity index is 857. The zero-order valence-electron chi connectivity index (χ0n) is 17.0. The van der Waals surface area contributed by atoms with Crippen molar-refractivity contribution in [2.24, 2.45) is 0 Å². The Morgan fingerprint density at radius 2 is 1.71 bits per heavy atom. The van der Waals surface area contributed by atoms with Crippen LogP contribution in [0, 0.1) is 0 Å². The topological polar surface area (TPSA) is 64.7 Å². The van der Waals surface area contributed by atoms with Crippen LogP contribution in [-0.2, 0) is 24.1 Å². The van der Waals surface area contributed by atoms with E-state index in [1.165, 1.54) is 23.5 Å². The Kier molecular flexibility index (Phi) is 8.05. The van der Waals surface area contributed by atoms with E-state index in [2.05, 4.69) is 15.5 Å². The van der Waals surface area contributed by atoms with Gasteiger partial charge in [-0.05, 0) is 48.7 Å². The zero-order valence-corrected chi connectivity index (χ0v) is 17.8. The zero-order chi connectivity index (χ0) is 22.3. The average molecular weight is 455 g/mol. The van der Waals surface area contributed by atoms with E-state index >= 15 is 0 Å². The van der Waals surface area contributed by atoms with Crippen LogP contribution < -0.4 is 10.6 Å². The largest absolute Gasteiger partial charge is 0.416 e. The Hall–Kier alpha value is -2.43. The second-order valence-corrected chi connectivity index (χ2v) is 8.44. The molecule has 31 heavy (non-hydrogen) atoms. The summed E-state index contributed by atoms with van der Waals surface area (Å²) in [6.45, 7) is 3.90. The molecule has 0 spiro atoms. The molecule has 0 radical (unpaired) electrons. The third-order valence-electron chi connectivity index (χ3n) is 4.99. The summed E-state index contributed by atoms with van der Waals surface area (Å²) in [5.74, 6) is -0.361. The van der Waals surface area contributed by atoms with E-state index in [1.807, 2.05) is 22.4 Å². The van der Waals surface area contributed by atoms with Gasteiger partial charge in [-0.1, -0.05) is 18.2 Å². The molecule has 1 aromatic heterocycles. The van der Waals surface area contributed by atoms with Crippen molar-refractivity contribution in [3.05, 3.63) is 57.8 Å². The number of rotatable bonds is 6. The third-order valence-corrected chi connectivity index (χ3v) is 5.87. The molecule has 2 N–H and O–H groups in total. The predicted octanol–water partition coefficient (Wildman–Crippen LogP) is 3.30. The lowest BCUT2D eigenvalue weighted by atomic mass is 10.1. The van der Waals surface area contributed by atoms with Crippen molar-refractivity contribution in [3.63, 3.8) is 0 Å². The van der Waals surface area contributed by atoms with Gasteiger partial charge < -0.3 is 5.32 Å². The molecule has 10 heteroatoms. The van der Waals surface area contributed by atoms with Crippen molar-refractivity contribution in [2.45, 2.75) is 25.7 Å². The molecule has 168 valence electrons. The van der Waals surface area contributed by atoms with Crippen LogP contribution >= 0.6 is 11.3 Å². The van der Waals surface area contributed by atoms with Gasteiger partial charge >= 0.3 is 12.2 Å². The van der Waals surface area contributed by atoms with Crippen molar-refractivity contribution in [1.29, 1.82) is 0 Å². The van der Waals surface area contributed by atoms with Crippen molar-refractivity contribution < 1.29 is 22.8 Å². The number of hydrogen-bond acceptors (Lipinski definition) is 5. The quantitative estimate of drug-likeness (QED) is 0.703. The van der Waals surface area contributed by atoms with Gasteiger partial charge in [-0.2, -0.15) is 13.2 Å². The molecule has 0 atom stereocenters. The van der Waals surface area contributed by atoms with E-state index in [9.17, 15) is 22.8 Å². The number of nitrogens with one attached hydrogen (secondary N) is 2. The summed E-state index contributed by atoms with van der Waals surface area (Å²) in [7, 11) is 0. The first-order valence-electron chi connectivity index (χ1n) is 10.0. The van der Waals surface area contributed by atoms with E-state index < -0.39 is 17.8 Å². The van der Waals surface area contributed by atoms with Crippen LogP contribution in [-0.4, -0.2) is 54.5 Å². The van der Waals surface area contributed by atoms with Crippen LogP contribution in [0.1, 0.15) is 22.4 Å². The normalized spacial score (nSPS) is 16.0. The first-order chi connectivity index (χ1) is 14.8. The molecular weight excluding hydrogens is 429 g/mol. The number of imide groups is 1. The number of carbonyl (C=O) groups excluding carboxylic acids is 2. The molecule has 1 aliphatic heterocycles. The molecule has 2 aromatic rings. The fourth-order valence-corrected chi connectivity index (χ4v) is 4.04. The van der Waals surface area contributed by atoms with E-state index in [-0.39, 0.29) is 12.5 Å². The van der Waals surface area contributed by atoms with Crippen LogP contribution in [0.25, 0.3) is 0 Å². The maximum atomic E-state index is 12.7. The Balaban J connectivity index is 1.40. The maximum Gasteiger partial charge on any atom is 0.416 e.